The molecule has 0 saturated carbocycles. The predicted molar refractivity (Wildman–Crippen MR) is 75.9 cm³/mol. The van der Waals surface area contributed by atoms with E-state index < -0.39 is 0 Å². The van der Waals surface area contributed by atoms with E-state index in [4.69, 9.17) is 12.0 Å². The highest BCUT2D eigenvalue weighted by Gasteiger charge is 2.09. The zero-order valence-electron chi connectivity index (χ0n) is 12.1. The monoisotopic (exact) mass is 264 g/mol. The summed E-state index contributed by atoms with van der Waals surface area (Å²) in [6.45, 7) is 2.77. The van der Waals surface area contributed by atoms with Crippen molar-refractivity contribution in [1.82, 2.24) is 15.7 Å². The van der Waals surface area contributed by atoms with Crippen molar-refractivity contribution in [2.45, 2.75) is 12.6 Å². The average Bonchev–Trinajstić information content (AvgIpc) is 2.47. The van der Waals surface area contributed by atoms with Crippen LogP contribution in [0.2, 0.25) is 1.41 Å². The van der Waals surface area contributed by atoms with Crippen LogP contribution in [0.1, 0.15) is 5.56 Å². The molecule has 1 aromatic rings. The SMILES string of the molecule is [2H]N1CCNCC1C=NN(N)Cc1ccc(OC)cc1. The van der Waals surface area contributed by atoms with Crippen molar-refractivity contribution in [3.63, 3.8) is 0 Å². The third kappa shape index (κ3) is 4.51. The molecule has 6 nitrogen and oxygen atoms in total. The first-order valence-electron chi connectivity index (χ1n) is 6.79. The highest BCUT2D eigenvalue weighted by Crippen LogP contribution is 2.12. The molecule has 1 aliphatic heterocycles. The fraction of sp³-hybridized carbons (Fsp3) is 0.462. The number of nitrogens with one attached hydrogen (secondary N) is 2. The van der Waals surface area contributed by atoms with E-state index in [2.05, 4.69) is 10.4 Å². The van der Waals surface area contributed by atoms with Crippen LogP contribution in [0.5, 0.6) is 5.75 Å². The predicted octanol–water partition coefficient (Wildman–Crippen LogP) is -0.0819. The molecule has 1 heterocycles. The Kier molecular flexibility index (Phi) is 4.62. The Morgan fingerprint density at radius 3 is 3.00 bits per heavy atom. The molecule has 0 radical (unpaired) electrons. The van der Waals surface area contributed by atoms with Gasteiger partial charge in [0.15, 0.2) is 0 Å². The van der Waals surface area contributed by atoms with Gasteiger partial charge in [-0.3, -0.25) is 0 Å². The van der Waals surface area contributed by atoms with Gasteiger partial charge in [0.25, 0.3) is 0 Å². The molecule has 1 fully saturated rings. The number of hydrogen-bond acceptors (Lipinski definition) is 6. The van der Waals surface area contributed by atoms with Gasteiger partial charge in [0.2, 0.25) is 0 Å². The number of hydrazone groups is 1. The molecule has 1 atom stereocenters. The Hall–Kier alpha value is -1.63. The number of rotatable bonds is 5. The normalized spacial score (nSPS) is 21.4. The molecule has 1 saturated heterocycles. The maximum absolute atomic E-state index is 7.77. The number of ether oxygens (including phenoxy) is 1. The van der Waals surface area contributed by atoms with Gasteiger partial charge < -0.3 is 15.4 Å². The summed E-state index contributed by atoms with van der Waals surface area (Å²) < 4.78 is 12.9. The van der Waals surface area contributed by atoms with Crippen molar-refractivity contribution in [3.05, 3.63) is 29.8 Å². The summed E-state index contributed by atoms with van der Waals surface area (Å²) in [4.78, 5) is 0. The van der Waals surface area contributed by atoms with Crippen molar-refractivity contribution >= 4 is 6.21 Å². The summed E-state index contributed by atoms with van der Waals surface area (Å²) in [5.41, 5.74) is 1.05. The zero-order valence-corrected chi connectivity index (χ0v) is 11.1. The van der Waals surface area contributed by atoms with Crippen molar-refractivity contribution in [2.75, 3.05) is 26.7 Å². The number of methoxy groups -OCH3 is 1. The highest BCUT2D eigenvalue weighted by molar-refractivity contribution is 5.64. The molecule has 0 amide bonds. The van der Waals surface area contributed by atoms with Crippen LogP contribution in [0.3, 0.4) is 0 Å². The molecule has 0 bridgehead atoms. The molecule has 1 aliphatic rings. The quantitative estimate of drug-likeness (QED) is 0.394. The molecular weight excluding hydrogens is 242 g/mol. The molecule has 0 aromatic heterocycles. The molecule has 1 aromatic carbocycles. The van der Waals surface area contributed by atoms with E-state index in [0.29, 0.717) is 13.1 Å². The van der Waals surface area contributed by atoms with Crippen LogP contribution in [0.4, 0.5) is 0 Å². The van der Waals surface area contributed by atoms with Gasteiger partial charge in [-0.2, -0.15) is 5.10 Å². The molecule has 1 unspecified atom stereocenters. The topological polar surface area (TPSA) is 74.9 Å². The molecule has 0 spiro atoms. The number of hydrogen-bond donors (Lipinski definition) is 3. The largest absolute Gasteiger partial charge is 0.497 e. The lowest BCUT2D eigenvalue weighted by molar-refractivity contribution is 0.289. The van der Waals surface area contributed by atoms with E-state index in [9.17, 15) is 0 Å². The Morgan fingerprint density at radius 1 is 1.53 bits per heavy atom. The number of nitrogens with two attached hydrogens (primary N) is 1. The standard InChI is InChI=1S/C13H21N5O/c1-19-13-4-2-11(3-5-13)10-18(14)17-9-12-8-15-6-7-16-12/h2-5,9,12,15-16H,6-8,10,14H2,1H3/i/hD. The molecule has 6 heteroatoms. The fourth-order valence-electron chi connectivity index (χ4n) is 1.85. The lowest BCUT2D eigenvalue weighted by Gasteiger charge is -2.21. The van der Waals surface area contributed by atoms with E-state index in [0.717, 1.165) is 24.4 Å². The summed E-state index contributed by atoms with van der Waals surface area (Å²) in [5.74, 6) is 6.66. The maximum Gasteiger partial charge on any atom is 0.123 e. The van der Waals surface area contributed by atoms with Crippen LogP contribution in [-0.2, 0) is 6.54 Å². The highest BCUT2D eigenvalue weighted by atomic mass is 16.5. The molecule has 2 rings (SSSR count). The molecule has 0 aliphatic carbocycles. The van der Waals surface area contributed by atoms with E-state index in [-0.39, 0.29) is 6.04 Å². The third-order valence-electron chi connectivity index (χ3n) is 2.90. The Bertz CT molecular complexity index is 439. The molecular formula is C13H21N5O. The van der Waals surface area contributed by atoms with Crippen molar-refractivity contribution in [3.8, 4) is 5.75 Å². The smallest absolute Gasteiger partial charge is 0.123 e. The lowest BCUT2D eigenvalue weighted by Crippen LogP contribution is -2.49. The Balaban J connectivity index is 1.85. The van der Waals surface area contributed by atoms with Gasteiger partial charge >= 0.3 is 0 Å². The van der Waals surface area contributed by atoms with Gasteiger partial charge in [0, 0.05) is 25.8 Å². The molecule has 19 heavy (non-hydrogen) atoms. The molecule has 4 N–H and O–H groups in total. The minimum Gasteiger partial charge on any atom is -0.497 e. The average molecular weight is 264 g/mol. The summed E-state index contributed by atoms with van der Waals surface area (Å²) in [5, 5.41) is 10.3. The van der Waals surface area contributed by atoms with Gasteiger partial charge in [-0.15, -0.1) is 0 Å². The summed E-state index contributed by atoms with van der Waals surface area (Å²) in [6.07, 6.45) is 1.71. The number of piperazine rings is 1. The van der Waals surface area contributed by atoms with Crippen LogP contribution in [0.25, 0.3) is 0 Å². The minimum atomic E-state index is -0.0364. The first-order chi connectivity index (χ1) is 9.69. The van der Waals surface area contributed by atoms with Gasteiger partial charge in [0.05, 0.1) is 19.7 Å². The first-order valence-corrected chi connectivity index (χ1v) is 6.34. The first kappa shape index (κ1) is 12.4. The van der Waals surface area contributed by atoms with E-state index >= 15 is 0 Å². The van der Waals surface area contributed by atoms with Gasteiger partial charge in [-0.25, -0.2) is 11.0 Å². The van der Waals surface area contributed by atoms with Gasteiger partial charge in [-0.1, -0.05) is 12.1 Å². The summed E-state index contributed by atoms with van der Waals surface area (Å²) in [7, 11) is 1.64. The van der Waals surface area contributed by atoms with Crippen LogP contribution >= 0.6 is 0 Å². The van der Waals surface area contributed by atoms with Crippen LogP contribution in [0.15, 0.2) is 29.4 Å². The van der Waals surface area contributed by atoms with E-state index in [1.165, 1.54) is 10.4 Å². The Labute approximate surface area is 115 Å². The van der Waals surface area contributed by atoms with Gasteiger partial charge in [0.1, 0.15) is 7.16 Å². The lowest BCUT2D eigenvalue weighted by atomic mass is 10.2. The fourth-order valence-corrected chi connectivity index (χ4v) is 1.85. The minimum absolute atomic E-state index is 0.0364. The van der Waals surface area contributed by atoms with Crippen molar-refractivity contribution in [1.29, 1.82) is 0 Å². The zero-order chi connectivity index (χ0) is 14.4. The van der Waals surface area contributed by atoms with Crippen LogP contribution in [-0.4, -0.2) is 44.1 Å². The van der Waals surface area contributed by atoms with E-state index in [1.54, 1.807) is 13.3 Å². The number of benzene rings is 1. The molecule has 104 valence electrons. The van der Waals surface area contributed by atoms with Crippen LogP contribution < -0.4 is 21.2 Å². The second-order valence-corrected chi connectivity index (χ2v) is 4.39. The summed E-state index contributed by atoms with van der Waals surface area (Å²) in [6, 6.07) is 7.65. The number of hydrazine groups is 1. The van der Waals surface area contributed by atoms with Gasteiger partial charge in [-0.05, 0) is 17.7 Å². The Morgan fingerprint density at radius 2 is 2.32 bits per heavy atom. The van der Waals surface area contributed by atoms with Crippen molar-refractivity contribution in [2.24, 2.45) is 10.9 Å². The maximum atomic E-state index is 7.77. The van der Waals surface area contributed by atoms with Crippen molar-refractivity contribution < 1.29 is 6.15 Å². The second kappa shape index (κ2) is 7.08. The van der Waals surface area contributed by atoms with E-state index in [1.807, 2.05) is 24.3 Å². The van der Waals surface area contributed by atoms with Crippen LogP contribution in [0, 0.1) is 0 Å². The summed E-state index contributed by atoms with van der Waals surface area (Å²) >= 11 is 0. The second-order valence-electron chi connectivity index (χ2n) is 4.39. The number of nitrogens with zero attached hydrogens (tertiary/aromatic N) is 2. The third-order valence-corrected chi connectivity index (χ3v) is 2.90.